The first-order chi connectivity index (χ1) is 9.60. The number of thioether (sulfide) groups is 1. The van der Waals surface area contributed by atoms with Crippen molar-refractivity contribution in [2.75, 3.05) is 0 Å². The number of hydrogen-bond donors (Lipinski definition) is 2. The number of rotatable bonds is 5. The Morgan fingerprint density at radius 3 is 2.80 bits per heavy atom. The number of hydrogen-bond acceptors (Lipinski definition) is 4. The Kier molecular flexibility index (Phi) is 5.23. The van der Waals surface area contributed by atoms with Gasteiger partial charge >= 0.3 is 0 Å². The zero-order chi connectivity index (χ0) is 14.5. The highest BCUT2D eigenvalue weighted by molar-refractivity contribution is 7.97. The molecule has 0 bridgehead atoms. The Morgan fingerprint density at radius 1 is 1.30 bits per heavy atom. The van der Waals surface area contributed by atoms with E-state index in [0.717, 1.165) is 11.5 Å². The Labute approximate surface area is 127 Å². The highest BCUT2D eigenvalue weighted by Gasteiger charge is 2.11. The van der Waals surface area contributed by atoms with Crippen LogP contribution in [0.25, 0.3) is 0 Å². The Hall–Kier alpha value is -1.30. The van der Waals surface area contributed by atoms with Gasteiger partial charge in [-0.1, -0.05) is 29.8 Å². The zero-order valence-corrected chi connectivity index (χ0v) is 13.2. The zero-order valence-electron chi connectivity index (χ0n) is 11.6. The average molecular weight is 306 g/mol. The van der Waals surface area contributed by atoms with E-state index in [-0.39, 0.29) is 5.91 Å². The van der Waals surface area contributed by atoms with Crippen molar-refractivity contribution >= 4 is 29.0 Å². The molecule has 1 aromatic carbocycles. The van der Waals surface area contributed by atoms with Crippen molar-refractivity contribution in [2.24, 2.45) is 5.84 Å². The summed E-state index contributed by atoms with van der Waals surface area (Å²) >= 11 is 3.35. The van der Waals surface area contributed by atoms with E-state index in [4.69, 9.17) is 5.84 Å². The molecule has 0 saturated heterocycles. The van der Waals surface area contributed by atoms with E-state index in [9.17, 15) is 4.79 Å². The maximum atomic E-state index is 11.5. The van der Waals surface area contributed by atoms with Gasteiger partial charge in [0.15, 0.2) is 0 Å². The first kappa shape index (κ1) is 15.1. The number of nitrogen functional groups attached to an aromatic ring is 1. The van der Waals surface area contributed by atoms with E-state index in [1.165, 1.54) is 32.9 Å². The van der Waals surface area contributed by atoms with Gasteiger partial charge in [-0.15, -0.1) is 11.3 Å². The molecule has 1 aromatic heterocycles. The van der Waals surface area contributed by atoms with Crippen LogP contribution in [0.3, 0.4) is 0 Å². The van der Waals surface area contributed by atoms with E-state index < -0.39 is 0 Å². The molecule has 2 rings (SSSR count). The molecule has 0 aliphatic rings. The molecule has 0 saturated carbocycles. The summed E-state index contributed by atoms with van der Waals surface area (Å²) in [4.78, 5) is 13.3. The molecule has 1 heterocycles. The van der Waals surface area contributed by atoms with Crippen LogP contribution in [0.5, 0.6) is 0 Å². The summed E-state index contributed by atoms with van der Waals surface area (Å²) in [7, 11) is 0. The minimum Gasteiger partial charge on any atom is -0.289 e. The third kappa shape index (κ3) is 3.85. The van der Waals surface area contributed by atoms with Crippen LogP contribution in [-0.2, 0) is 11.5 Å². The molecule has 0 radical (unpaired) electrons. The molecule has 5 heteroatoms. The van der Waals surface area contributed by atoms with Crippen LogP contribution < -0.4 is 11.3 Å². The largest absolute Gasteiger partial charge is 0.289 e. The fourth-order valence-corrected chi connectivity index (χ4v) is 4.00. The fourth-order valence-electron chi connectivity index (χ4n) is 1.93. The van der Waals surface area contributed by atoms with Gasteiger partial charge in [-0.3, -0.25) is 10.2 Å². The lowest BCUT2D eigenvalue weighted by molar-refractivity contribution is 0.0957. The quantitative estimate of drug-likeness (QED) is 0.506. The second kappa shape index (κ2) is 6.92. The number of carbonyl (C=O) groups is 1. The number of benzene rings is 1. The molecule has 0 atom stereocenters. The van der Waals surface area contributed by atoms with E-state index in [2.05, 4.69) is 36.6 Å². The first-order valence-corrected chi connectivity index (χ1v) is 8.31. The van der Waals surface area contributed by atoms with Gasteiger partial charge < -0.3 is 0 Å². The number of carbonyl (C=O) groups excluding carboxylic acids is 1. The molecule has 0 unspecified atom stereocenters. The Balaban J connectivity index is 1.94. The second-order valence-corrected chi connectivity index (χ2v) is 6.89. The Morgan fingerprint density at radius 2 is 2.10 bits per heavy atom. The van der Waals surface area contributed by atoms with Crippen LogP contribution in [-0.4, -0.2) is 5.91 Å². The molecule has 3 nitrogen and oxygen atoms in total. The van der Waals surface area contributed by atoms with Gasteiger partial charge in [0.1, 0.15) is 0 Å². The number of hydrazine groups is 1. The molecule has 3 N–H and O–H groups in total. The highest BCUT2D eigenvalue weighted by atomic mass is 32.2. The van der Waals surface area contributed by atoms with Crippen LogP contribution >= 0.6 is 23.1 Å². The second-order valence-electron chi connectivity index (χ2n) is 4.65. The van der Waals surface area contributed by atoms with Crippen molar-refractivity contribution in [2.45, 2.75) is 25.4 Å². The monoisotopic (exact) mass is 306 g/mol. The summed E-state index contributed by atoms with van der Waals surface area (Å²) in [6.45, 7) is 4.15. The molecule has 2 aromatic rings. The van der Waals surface area contributed by atoms with Crippen LogP contribution in [0, 0.1) is 13.8 Å². The molecule has 0 spiro atoms. The maximum absolute atomic E-state index is 11.5. The SMILES string of the molecule is Cc1cccc(CSCc2cc(C(=O)NN)sc2C)c1. The lowest BCUT2D eigenvalue weighted by Crippen LogP contribution is -2.29. The van der Waals surface area contributed by atoms with Crippen molar-refractivity contribution in [3.05, 3.63) is 56.8 Å². The van der Waals surface area contributed by atoms with Crippen molar-refractivity contribution < 1.29 is 4.79 Å². The van der Waals surface area contributed by atoms with Crippen LogP contribution in [0.15, 0.2) is 30.3 Å². The number of nitrogens with two attached hydrogens (primary N) is 1. The summed E-state index contributed by atoms with van der Waals surface area (Å²) < 4.78 is 0. The van der Waals surface area contributed by atoms with Gasteiger partial charge in [0.2, 0.25) is 0 Å². The van der Waals surface area contributed by atoms with Crippen molar-refractivity contribution in [3.8, 4) is 0 Å². The summed E-state index contributed by atoms with van der Waals surface area (Å²) in [6.07, 6.45) is 0. The van der Waals surface area contributed by atoms with E-state index in [1.54, 1.807) is 0 Å². The molecule has 0 aliphatic heterocycles. The predicted octanol–water partition coefficient (Wildman–Crippen LogP) is 3.40. The lowest BCUT2D eigenvalue weighted by Gasteiger charge is -2.03. The standard InChI is InChI=1S/C15H18N2OS2/c1-10-4-3-5-12(6-10)8-19-9-13-7-14(15(18)17-16)20-11(13)2/h3-7H,8-9,16H2,1-2H3,(H,17,18). The number of thiophene rings is 1. The predicted molar refractivity (Wildman–Crippen MR) is 86.9 cm³/mol. The normalized spacial score (nSPS) is 10.6. The maximum Gasteiger partial charge on any atom is 0.275 e. The van der Waals surface area contributed by atoms with E-state index in [1.807, 2.05) is 24.8 Å². The molecule has 20 heavy (non-hydrogen) atoms. The Bertz CT molecular complexity index is 608. The molecule has 0 aliphatic carbocycles. The van der Waals surface area contributed by atoms with E-state index in [0.29, 0.717) is 4.88 Å². The van der Waals surface area contributed by atoms with Gasteiger partial charge in [-0.05, 0) is 31.0 Å². The summed E-state index contributed by atoms with van der Waals surface area (Å²) in [6, 6.07) is 10.5. The van der Waals surface area contributed by atoms with Gasteiger partial charge in [-0.2, -0.15) is 11.8 Å². The summed E-state index contributed by atoms with van der Waals surface area (Å²) in [5.74, 6) is 6.83. The van der Waals surface area contributed by atoms with Crippen LogP contribution in [0.1, 0.15) is 31.2 Å². The van der Waals surface area contributed by atoms with Gasteiger partial charge in [0, 0.05) is 16.4 Å². The van der Waals surface area contributed by atoms with Crippen LogP contribution in [0.2, 0.25) is 0 Å². The topological polar surface area (TPSA) is 55.1 Å². The third-order valence-electron chi connectivity index (χ3n) is 2.98. The average Bonchev–Trinajstić information content (AvgIpc) is 2.80. The summed E-state index contributed by atoms with van der Waals surface area (Å²) in [5, 5.41) is 0. The van der Waals surface area contributed by atoms with Crippen molar-refractivity contribution in [1.82, 2.24) is 5.43 Å². The minimum absolute atomic E-state index is 0.215. The van der Waals surface area contributed by atoms with Gasteiger partial charge in [0.05, 0.1) is 4.88 Å². The molecular formula is C15H18N2OS2. The lowest BCUT2D eigenvalue weighted by atomic mass is 10.2. The molecule has 0 fully saturated rings. The van der Waals surface area contributed by atoms with Crippen LogP contribution in [0.4, 0.5) is 0 Å². The summed E-state index contributed by atoms with van der Waals surface area (Å²) in [5.41, 5.74) is 6.01. The number of amides is 1. The van der Waals surface area contributed by atoms with Gasteiger partial charge in [0.25, 0.3) is 5.91 Å². The van der Waals surface area contributed by atoms with Crippen molar-refractivity contribution in [3.63, 3.8) is 0 Å². The first-order valence-electron chi connectivity index (χ1n) is 6.33. The van der Waals surface area contributed by atoms with E-state index >= 15 is 0 Å². The van der Waals surface area contributed by atoms with Gasteiger partial charge in [-0.25, -0.2) is 5.84 Å². The smallest absolute Gasteiger partial charge is 0.275 e. The third-order valence-corrected chi connectivity index (χ3v) is 5.13. The number of nitrogens with one attached hydrogen (secondary N) is 1. The van der Waals surface area contributed by atoms with Crippen molar-refractivity contribution in [1.29, 1.82) is 0 Å². The minimum atomic E-state index is -0.215. The molecule has 106 valence electrons. The molecular weight excluding hydrogens is 288 g/mol. The highest BCUT2D eigenvalue weighted by Crippen LogP contribution is 2.26. The fraction of sp³-hybridized carbons (Fsp3) is 0.267. The number of aryl methyl sites for hydroxylation is 2. The molecule has 1 amide bonds.